The summed E-state index contributed by atoms with van der Waals surface area (Å²) in [5.41, 5.74) is 1.63. The van der Waals surface area contributed by atoms with Crippen molar-refractivity contribution in [3.63, 3.8) is 0 Å². The van der Waals surface area contributed by atoms with E-state index < -0.39 is 0 Å². The van der Waals surface area contributed by atoms with Crippen LogP contribution in [-0.2, 0) is 6.54 Å². The van der Waals surface area contributed by atoms with E-state index in [1.165, 1.54) is 0 Å². The molecular weight excluding hydrogens is 276 g/mol. The summed E-state index contributed by atoms with van der Waals surface area (Å²) in [4.78, 5) is 20.3. The Bertz CT molecular complexity index is 581. The lowest BCUT2D eigenvalue weighted by molar-refractivity contribution is 0.0951. The van der Waals surface area contributed by atoms with Gasteiger partial charge >= 0.3 is 0 Å². The van der Waals surface area contributed by atoms with Crippen LogP contribution in [0.4, 0.5) is 5.95 Å². The third kappa shape index (κ3) is 5.16. The second-order valence-electron chi connectivity index (χ2n) is 5.57. The molecule has 0 aliphatic rings. The van der Waals surface area contributed by atoms with E-state index in [9.17, 15) is 4.79 Å². The molecule has 1 amide bonds. The van der Waals surface area contributed by atoms with Crippen molar-refractivity contribution in [2.24, 2.45) is 5.92 Å². The molecule has 2 aromatic rings. The fourth-order valence-electron chi connectivity index (χ4n) is 1.89. The first-order valence-electron chi connectivity index (χ1n) is 7.53. The highest BCUT2D eigenvalue weighted by Crippen LogP contribution is 2.05. The van der Waals surface area contributed by atoms with Gasteiger partial charge in [-0.2, -0.15) is 0 Å². The number of anilines is 1. The number of carbonyl (C=O) groups excluding carboxylic acids is 1. The van der Waals surface area contributed by atoms with Gasteiger partial charge in [-0.25, -0.2) is 9.97 Å². The highest BCUT2D eigenvalue weighted by atomic mass is 16.1. The molecule has 22 heavy (non-hydrogen) atoms. The number of amides is 1. The molecule has 0 unspecified atom stereocenters. The quantitative estimate of drug-likeness (QED) is 0.825. The molecule has 0 saturated carbocycles. The molecule has 0 saturated heterocycles. The largest absolute Gasteiger partial charge is 0.352 e. The van der Waals surface area contributed by atoms with Crippen LogP contribution in [0.3, 0.4) is 0 Å². The molecule has 2 rings (SSSR count). The highest BCUT2D eigenvalue weighted by Gasteiger charge is 2.07. The van der Waals surface area contributed by atoms with E-state index in [-0.39, 0.29) is 5.91 Å². The third-order valence-electron chi connectivity index (χ3n) is 3.21. The molecule has 1 aromatic heterocycles. The van der Waals surface area contributed by atoms with Crippen LogP contribution in [0.1, 0.15) is 36.2 Å². The van der Waals surface area contributed by atoms with Crippen molar-refractivity contribution < 1.29 is 4.79 Å². The van der Waals surface area contributed by atoms with Gasteiger partial charge in [0.15, 0.2) is 0 Å². The first-order valence-corrected chi connectivity index (χ1v) is 7.53. The zero-order valence-electron chi connectivity index (χ0n) is 13.0. The van der Waals surface area contributed by atoms with Crippen LogP contribution in [0, 0.1) is 5.92 Å². The molecule has 0 aliphatic heterocycles. The Balaban J connectivity index is 1.83. The highest BCUT2D eigenvalue weighted by molar-refractivity contribution is 5.93. The molecule has 2 N–H and O–H groups in total. The van der Waals surface area contributed by atoms with Crippen LogP contribution in [0.25, 0.3) is 0 Å². The summed E-state index contributed by atoms with van der Waals surface area (Å²) >= 11 is 0. The Morgan fingerprint density at radius 2 is 1.82 bits per heavy atom. The lowest BCUT2D eigenvalue weighted by Gasteiger charge is -2.08. The Labute approximate surface area is 131 Å². The average Bonchev–Trinajstić information content (AvgIpc) is 2.54. The molecule has 5 heteroatoms. The maximum atomic E-state index is 11.9. The van der Waals surface area contributed by atoms with Crippen LogP contribution >= 0.6 is 0 Å². The minimum absolute atomic E-state index is 0.129. The summed E-state index contributed by atoms with van der Waals surface area (Å²) in [6.07, 6.45) is 4.05. The first kappa shape index (κ1) is 15.9. The maximum absolute atomic E-state index is 11.9. The van der Waals surface area contributed by atoms with Gasteiger partial charge in [0.05, 0.1) is 5.56 Å². The van der Waals surface area contributed by atoms with Crippen LogP contribution in [0.5, 0.6) is 0 Å². The molecule has 0 radical (unpaired) electrons. The van der Waals surface area contributed by atoms with Crippen LogP contribution in [-0.4, -0.2) is 22.4 Å². The van der Waals surface area contributed by atoms with Gasteiger partial charge in [0, 0.05) is 25.5 Å². The van der Waals surface area contributed by atoms with Crippen molar-refractivity contribution in [3.05, 3.63) is 53.9 Å². The normalized spacial score (nSPS) is 10.5. The SMILES string of the molecule is CC(C)CCNC(=O)c1cnc(NCc2ccccc2)nc1. The van der Waals surface area contributed by atoms with E-state index in [1.54, 1.807) is 12.4 Å². The number of nitrogens with one attached hydrogen (secondary N) is 2. The van der Waals surface area contributed by atoms with Crippen molar-refractivity contribution >= 4 is 11.9 Å². The van der Waals surface area contributed by atoms with Gasteiger partial charge in [-0.05, 0) is 17.9 Å². The standard InChI is InChI=1S/C17H22N4O/c1-13(2)8-9-18-16(22)15-11-20-17(21-12-15)19-10-14-6-4-3-5-7-14/h3-7,11-13H,8-10H2,1-2H3,(H,18,22)(H,19,20,21). The Morgan fingerprint density at radius 3 is 2.45 bits per heavy atom. The summed E-state index contributed by atoms with van der Waals surface area (Å²) in [6, 6.07) is 10.0. The third-order valence-corrected chi connectivity index (χ3v) is 3.21. The number of rotatable bonds is 7. The van der Waals surface area contributed by atoms with Gasteiger partial charge in [-0.1, -0.05) is 44.2 Å². The molecule has 0 spiro atoms. The van der Waals surface area contributed by atoms with Gasteiger partial charge < -0.3 is 10.6 Å². The number of hydrogen-bond acceptors (Lipinski definition) is 4. The van der Waals surface area contributed by atoms with Crippen LogP contribution in [0.2, 0.25) is 0 Å². The summed E-state index contributed by atoms with van der Waals surface area (Å²) in [5, 5.41) is 6.00. The number of benzene rings is 1. The Kier molecular flexibility index (Phi) is 5.89. The Hall–Kier alpha value is -2.43. The molecular formula is C17H22N4O. The second kappa shape index (κ2) is 8.12. The molecule has 5 nitrogen and oxygen atoms in total. The Morgan fingerprint density at radius 1 is 1.14 bits per heavy atom. The molecule has 0 bridgehead atoms. The first-order chi connectivity index (χ1) is 10.6. The smallest absolute Gasteiger partial charge is 0.254 e. The summed E-state index contributed by atoms with van der Waals surface area (Å²) in [5.74, 6) is 0.957. The van der Waals surface area contributed by atoms with Crippen LogP contribution in [0.15, 0.2) is 42.7 Å². The topological polar surface area (TPSA) is 66.9 Å². The summed E-state index contributed by atoms with van der Waals surface area (Å²) in [7, 11) is 0. The molecule has 116 valence electrons. The van der Waals surface area contributed by atoms with Crippen molar-refractivity contribution in [1.82, 2.24) is 15.3 Å². The van der Waals surface area contributed by atoms with E-state index in [2.05, 4.69) is 34.4 Å². The molecule has 0 fully saturated rings. The fourth-order valence-corrected chi connectivity index (χ4v) is 1.89. The minimum Gasteiger partial charge on any atom is -0.352 e. The second-order valence-corrected chi connectivity index (χ2v) is 5.57. The summed E-state index contributed by atoms with van der Waals surface area (Å²) in [6.45, 7) is 5.58. The summed E-state index contributed by atoms with van der Waals surface area (Å²) < 4.78 is 0. The van der Waals surface area contributed by atoms with E-state index in [0.717, 1.165) is 12.0 Å². The molecule has 1 aromatic carbocycles. The number of hydrogen-bond donors (Lipinski definition) is 2. The molecule has 0 aliphatic carbocycles. The van der Waals surface area contributed by atoms with E-state index in [0.29, 0.717) is 30.5 Å². The lowest BCUT2D eigenvalue weighted by atomic mass is 10.1. The molecule has 1 heterocycles. The zero-order valence-corrected chi connectivity index (χ0v) is 13.0. The van der Waals surface area contributed by atoms with Gasteiger partial charge in [0.2, 0.25) is 5.95 Å². The number of carbonyl (C=O) groups is 1. The maximum Gasteiger partial charge on any atom is 0.254 e. The average molecular weight is 298 g/mol. The van der Waals surface area contributed by atoms with Crippen molar-refractivity contribution in [1.29, 1.82) is 0 Å². The van der Waals surface area contributed by atoms with Gasteiger partial charge in [0.25, 0.3) is 5.91 Å². The fraction of sp³-hybridized carbons (Fsp3) is 0.353. The van der Waals surface area contributed by atoms with E-state index in [4.69, 9.17) is 0 Å². The number of nitrogens with zero attached hydrogens (tertiary/aromatic N) is 2. The van der Waals surface area contributed by atoms with Crippen molar-refractivity contribution in [3.8, 4) is 0 Å². The van der Waals surface area contributed by atoms with Crippen LogP contribution < -0.4 is 10.6 Å². The zero-order chi connectivity index (χ0) is 15.8. The van der Waals surface area contributed by atoms with Crippen molar-refractivity contribution in [2.45, 2.75) is 26.8 Å². The monoisotopic (exact) mass is 298 g/mol. The number of aromatic nitrogens is 2. The van der Waals surface area contributed by atoms with E-state index in [1.807, 2.05) is 30.3 Å². The van der Waals surface area contributed by atoms with E-state index >= 15 is 0 Å². The predicted octanol–water partition coefficient (Wildman–Crippen LogP) is 2.86. The molecule has 0 atom stereocenters. The lowest BCUT2D eigenvalue weighted by Crippen LogP contribution is -2.25. The van der Waals surface area contributed by atoms with Crippen molar-refractivity contribution in [2.75, 3.05) is 11.9 Å². The predicted molar refractivity (Wildman–Crippen MR) is 87.6 cm³/mol. The van der Waals surface area contributed by atoms with Gasteiger partial charge in [0.1, 0.15) is 0 Å². The minimum atomic E-state index is -0.129. The van der Waals surface area contributed by atoms with Gasteiger partial charge in [-0.3, -0.25) is 4.79 Å². The van der Waals surface area contributed by atoms with Gasteiger partial charge in [-0.15, -0.1) is 0 Å².